The van der Waals surface area contributed by atoms with E-state index in [2.05, 4.69) is 15.6 Å². The fraction of sp³-hybridized carbons (Fsp3) is 0.250. The summed E-state index contributed by atoms with van der Waals surface area (Å²) in [5.74, 6) is -0.383. The SMILES string of the molecule is O=C(NC(c1cccc(F)c1)c1ccccn1)C1CNC1. The Morgan fingerprint density at radius 1 is 1.29 bits per heavy atom. The first-order valence-corrected chi connectivity index (χ1v) is 6.91. The van der Waals surface area contributed by atoms with Crippen LogP contribution in [0.25, 0.3) is 0 Å². The summed E-state index contributed by atoms with van der Waals surface area (Å²) in [6.07, 6.45) is 1.67. The minimum Gasteiger partial charge on any atom is -0.343 e. The number of halogens is 1. The summed E-state index contributed by atoms with van der Waals surface area (Å²) in [6, 6.07) is 11.3. The summed E-state index contributed by atoms with van der Waals surface area (Å²) in [6.45, 7) is 1.37. The average Bonchev–Trinajstić information content (AvgIpc) is 2.44. The number of nitrogens with one attached hydrogen (secondary N) is 2. The summed E-state index contributed by atoms with van der Waals surface area (Å²) >= 11 is 0. The third-order valence-corrected chi connectivity index (χ3v) is 3.60. The number of pyridine rings is 1. The van der Waals surface area contributed by atoms with Gasteiger partial charge in [0, 0.05) is 19.3 Å². The van der Waals surface area contributed by atoms with E-state index in [9.17, 15) is 9.18 Å². The first kappa shape index (κ1) is 13.7. The van der Waals surface area contributed by atoms with Crippen molar-refractivity contribution >= 4 is 5.91 Å². The highest BCUT2D eigenvalue weighted by molar-refractivity contribution is 5.80. The minimum absolute atomic E-state index is 0.0234. The van der Waals surface area contributed by atoms with Gasteiger partial charge in [-0.15, -0.1) is 0 Å². The molecule has 1 saturated heterocycles. The quantitative estimate of drug-likeness (QED) is 0.898. The Balaban J connectivity index is 1.89. The van der Waals surface area contributed by atoms with Gasteiger partial charge >= 0.3 is 0 Å². The number of aromatic nitrogens is 1. The molecule has 1 amide bonds. The van der Waals surface area contributed by atoms with E-state index in [0.29, 0.717) is 24.3 Å². The lowest BCUT2D eigenvalue weighted by atomic mass is 9.99. The van der Waals surface area contributed by atoms with Gasteiger partial charge in [-0.1, -0.05) is 18.2 Å². The Labute approximate surface area is 122 Å². The molecular weight excluding hydrogens is 269 g/mol. The van der Waals surface area contributed by atoms with Crippen molar-refractivity contribution in [1.82, 2.24) is 15.6 Å². The second-order valence-electron chi connectivity index (χ2n) is 5.11. The highest BCUT2D eigenvalue weighted by Crippen LogP contribution is 2.22. The van der Waals surface area contributed by atoms with E-state index in [4.69, 9.17) is 0 Å². The van der Waals surface area contributed by atoms with E-state index in [1.54, 1.807) is 18.3 Å². The Morgan fingerprint density at radius 3 is 2.76 bits per heavy atom. The minimum atomic E-state index is -0.435. The number of amides is 1. The van der Waals surface area contributed by atoms with Crippen molar-refractivity contribution in [3.8, 4) is 0 Å². The average molecular weight is 285 g/mol. The first-order valence-electron chi connectivity index (χ1n) is 6.91. The summed E-state index contributed by atoms with van der Waals surface area (Å²) in [5.41, 5.74) is 1.39. The van der Waals surface area contributed by atoms with E-state index >= 15 is 0 Å². The van der Waals surface area contributed by atoms with E-state index < -0.39 is 6.04 Å². The molecule has 4 nitrogen and oxygen atoms in total. The van der Waals surface area contributed by atoms with Gasteiger partial charge in [-0.2, -0.15) is 0 Å². The Morgan fingerprint density at radius 2 is 2.14 bits per heavy atom. The van der Waals surface area contributed by atoms with Crippen molar-refractivity contribution in [2.45, 2.75) is 6.04 Å². The molecule has 1 aromatic carbocycles. The van der Waals surface area contributed by atoms with Crippen molar-refractivity contribution in [2.24, 2.45) is 5.92 Å². The number of carbonyl (C=O) groups is 1. The molecule has 0 spiro atoms. The van der Waals surface area contributed by atoms with Crippen LogP contribution >= 0.6 is 0 Å². The molecule has 1 aromatic heterocycles. The topological polar surface area (TPSA) is 54.0 Å². The van der Waals surface area contributed by atoms with Gasteiger partial charge in [0.1, 0.15) is 5.82 Å². The zero-order valence-electron chi connectivity index (χ0n) is 11.4. The number of rotatable bonds is 4. The molecule has 1 aliphatic rings. The van der Waals surface area contributed by atoms with Gasteiger partial charge in [0.05, 0.1) is 17.7 Å². The van der Waals surface area contributed by atoms with Crippen LogP contribution in [-0.4, -0.2) is 24.0 Å². The molecular formula is C16H16FN3O. The fourth-order valence-electron chi connectivity index (χ4n) is 2.30. The molecule has 2 N–H and O–H groups in total. The summed E-state index contributed by atoms with van der Waals surface area (Å²) in [5, 5.41) is 6.04. The molecule has 1 atom stereocenters. The molecule has 0 saturated carbocycles. The molecule has 1 aliphatic heterocycles. The zero-order chi connectivity index (χ0) is 14.7. The third kappa shape index (κ3) is 3.08. The van der Waals surface area contributed by atoms with E-state index in [0.717, 1.165) is 0 Å². The van der Waals surface area contributed by atoms with Crippen LogP contribution in [0.2, 0.25) is 0 Å². The maximum atomic E-state index is 13.5. The van der Waals surface area contributed by atoms with Gasteiger partial charge in [0.2, 0.25) is 5.91 Å². The highest BCUT2D eigenvalue weighted by Gasteiger charge is 2.28. The Bertz CT molecular complexity index is 628. The van der Waals surface area contributed by atoms with Crippen molar-refractivity contribution in [3.05, 3.63) is 65.7 Å². The lowest BCUT2D eigenvalue weighted by Gasteiger charge is -2.28. The molecule has 2 heterocycles. The van der Waals surface area contributed by atoms with Gasteiger partial charge in [0.15, 0.2) is 0 Å². The molecule has 21 heavy (non-hydrogen) atoms. The lowest BCUT2D eigenvalue weighted by Crippen LogP contribution is -2.51. The van der Waals surface area contributed by atoms with E-state index in [-0.39, 0.29) is 17.6 Å². The van der Waals surface area contributed by atoms with Gasteiger partial charge in [-0.25, -0.2) is 4.39 Å². The normalized spacial score (nSPS) is 16.0. The van der Waals surface area contributed by atoms with Crippen LogP contribution in [0.1, 0.15) is 17.3 Å². The summed E-state index contributed by atoms with van der Waals surface area (Å²) < 4.78 is 13.5. The number of hydrogen-bond donors (Lipinski definition) is 2. The second-order valence-corrected chi connectivity index (χ2v) is 5.11. The molecule has 2 aromatic rings. The monoisotopic (exact) mass is 285 g/mol. The zero-order valence-corrected chi connectivity index (χ0v) is 11.4. The van der Waals surface area contributed by atoms with Crippen LogP contribution in [0.4, 0.5) is 4.39 Å². The van der Waals surface area contributed by atoms with Crippen molar-refractivity contribution in [2.75, 3.05) is 13.1 Å². The van der Waals surface area contributed by atoms with Crippen molar-refractivity contribution in [3.63, 3.8) is 0 Å². The van der Waals surface area contributed by atoms with Crippen molar-refractivity contribution < 1.29 is 9.18 Å². The maximum absolute atomic E-state index is 13.5. The van der Waals surface area contributed by atoms with Crippen LogP contribution in [-0.2, 0) is 4.79 Å². The van der Waals surface area contributed by atoms with E-state index in [1.807, 2.05) is 18.2 Å². The van der Waals surface area contributed by atoms with Crippen LogP contribution in [0.5, 0.6) is 0 Å². The molecule has 0 aliphatic carbocycles. The molecule has 5 heteroatoms. The van der Waals surface area contributed by atoms with Crippen LogP contribution in [0.15, 0.2) is 48.7 Å². The lowest BCUT2D eigenvalue weighted by molar-refractivity contribution is -0.126. The summed E-state index contributed by atoms with van der Waals surface area (Å²) in [4.78, 5) is 16.5. The Hall–Kier alpha value is -2.27. The standard InChI is InChI=1S/C16H16FN3O/c17-13-5-3-4-11(8-13)15(14-6-1-2-7-19-14)20-16(21)12-9-18-10-12/h1-8,12,15,18H,9-10H2,(H,20,21). The predicted octanol–water partition coefficient (Wildman–Crippen LogP) is 1.65. The van der Waals surface area contributed by atoms with Gasteiger partial charge in [-0.05, 0) is 29.8 Å². The number of hydrogen-bond acceptors (Lipinski definition) is 3. The molecule has 1 fully saturated rings. The second kappa shape index (κ2) is 6.01. The number of nitrogens with zero attached hydrogens (tertiary/aromatic N) is 1. The van der Waals surface area contributed by atoms with Gasteiger partial charge in [0.25, 0.3) is 0 Å². The van der Waals surface area contributed by atoms with Crippen molar-refractivity contribution in [1.29, 1.82) is 0 Å². The fourth-order valence-corrected chi connectivity index (χ4v) is 2.30. The third-order valence-electron chi connectivity index (χ3n) is 3.60. The van der Waals surface area contributed by atoms with E-state index in [1.165, 1.54) is 12.1 Å². The molecule has 0 radical (unpaired) electrons. The van der Waals surface area contributed by atoms with Crippen LogP contribution < -0.4 is 10.6 Å². The van der Waals surface area contributed by atoms with Gasteiger partial charge in [-0.3, -0.25) is 9.78 Å². The van der Waals surface area contributed by atoms with Crippen LogP contribution in [0.3, 0.4) is 0 Å². The Kier molecular flexibility index (Phi) is 3.92. The smallest absolute Gasteiger partial charge is 0.226 e. The first-order chi connectivity index (χ1) is 10.2. The molecule has 3 rings (SSSR count). The largest absolute Gasteiger partial charge is 0.343 e. The van der Waals surface area contributed by atoms with Crippen LogP contribution in [0, 0.1) is 11.7 Å². The molecule has 0 bridgehead atoms. The van der Waals surface area contributed by atoms with Gasteiger partial charge < -0.3 is 10.6 Å². The number of carbonyl (C=O) groups excluding carboxylic acids is 1. The summed E-state index contributed by atoms with van der Waals surface area (Å²) in [7, 11) is 0. The number of benzene rings is 1. The maximum Gasteiger partial charge on any atom is 0.226 e. The molecule has 1 unspecified atom stereocenters. The molecule has 108 valence electrons. The highest BCUT2D eigenvalue weighted by atomic mass is 19.1. The predicted molar refractivity (Wildman–Crippen MR) is 77.0 cm³/mol.